The number of unbranched alkanes of at least 4 members (excludes halogenated alkanes) is 1. The standard InChI is InChI=1S/C13H20Cl2N2O2S/c1-2-3-5-10(8-16)17-20(18,19)9-11-12(14)6-4-7-13(11)15/h4,6-7,10,17H,2-3,5,8-9,16H2,1H3. The fraction of sp³-hybridized carbons (Fsp3) is 0.538. The van der Waals surface area contributed by atoms with Gasteiger partial charge in [0.2, 0.25) is 10.0 Å². The van der Waals surface area contributed by atoms with Crippen molar-refractivity contribution in [3.63, 3.8) is 0 Å². The summed E-state index contributed by atoms with van der Waals surface area (Å²) in [4.78, 5) is 0. The topological polar surface area (TPSA) is 72.2 Å². The monoisotopic (exact) mass is 338 g/mol. The molecular weight excluding hydrogens is 319 g/mol. The first-order valence-electron chi connectivity index (χ1n) is 6.52. The lowest BCUT2D eigenvalue weighted by molar-refractivity contribution is 0.516. The summed E-state index contributed by atoms with van der Waals surface area (Å²) in [5.41, 5.74) is 6.01. The predicted molar refractivity (Wildman–Crippen MR) is 84.6 cm³/mol. The average Bonchev–Trinajstić information content (AvgIpc) is 2.39. The van der Waals surface area contributed by atoms with Gasteiger partial charge in [0.05, 0.1) is 5.75 Å². The van der Waals surface area contributed by atoms with E-state index >= 15 is 0 Å². The van der Waals surface area contributed by atoms with E-state index in [0.29, 0.717) is 15.6 Å². The van der Waals surface area contributed by atoms with Gasteiger partial charge in [-0.05, 0) is 18.6 Å². The van der Waals surface area contributed by atoms with Gasteiger partial charge in [-0.3, -0.25) is 0 Å². The second-order valence-electron chi connectivity index (χ2n) is 4.65. The van der Waals surface area contributed by atoms with Crippen molar-refractivity contribution in [2.45, 2.75) is 38.0 Å². The van der Waals surface area contributed by atoms with Gasteiger partial charge in [0, 0.05) is 28.2 Å². The van der Waals surface area contributed by atoms with Gasteiger partial charge in [-0.15, -0.1) is 0 Å². The number of benzene rings is 1. The largest absolute Gasteiger partial charge is 0.329 e. The number of nitrogens with two attached hydrogens (primary N) is 1. The normalized spacial score (nSPS) is 13.4. The van der Waals surface area contributed by atoms with Crippen LogP contribution in [0, 0.1) is 0 Å². The van der Waals surface area contributed by atoms with Crippen LogP contribution < -0.4 is 10.5 Å². The molecule has 7 heteroatoms. The van der Waals surface area contributed by atoms with Gasteiger partial charge in [-0.2, -0.15) is 0 Å². The van der Waals surface area contributed by atoms with Gasteiger partial charge in [-0.1, -0.05) is 49.0 Å². The first kappa shape index (κ1) is 17.7. The molecule has 1 rings (SSSR count). The van der Waals surface area contributed by atoms with Crippen LogP contribution in [0.2, 0.25) is 10.0 Å². The van der Waals surface area contributed by atoms with Crippen molar-refractivity contribution < 1.29 is 8.42 Å². The summed E-state index contributed by atoms with van der Waals surface area (Å²) < 4.78 is 26.9. The Hall–Kier alpha value is -0.330. The third-order valence-electron chi connectivity index (χ3n) is 2.93. The summed E-state index contributed by atoms with van der Waals surface area (Å²) in [7, 11) is -3.52. The molecule has 0 aromatic heterocycles. The third kappa shape index (κ3) is 5.58. The first-order chi connectivity index (χ1) is 9.39. The molecule has 0 saturated carbocycles. The number of sulfonamides is 1. The van der Waals surface area contributed by atoms with Crippen molar-refractivity contribution in [3.05, 3.63) is 33.8 Å². The molecule has 0 aliphatic rings. The Kier molecular flexibility index (Phi) is 7.26. The van der Waals surface area contributed by atoms with Crippen LogP contribution in [-0.4, -0.2) is 21.0 Å². The number of halogens is 2. The zero-order chi connectivity index (χ0) is 15.2. The smallest absolute Gasteiger partial charge is 0.216 e. The number of hydrogen-bond acceptors (Lipinski definition) is 3. The minimum atomic E-state index is -3.52. The van der Waals surface area contributed by atoms with Gasteiger partial charge in [0.15, 0.2) is 0 Å². The van der Waals surface area contributed by atoms with Crippen molar-refractivity contribution in [3.8, 4) is 0 Å². The van der Waals surface area contributed by atoms with Gasteiger partial charge >= 0.3 is 0 Å². The van der Waals surface area contributed by atoms with E-state index in [1.807, 2.05) is 6.92 Å². The lowest BCUT2D eigenvalue weighted by Gasteiger charge is -2.17. The molecule has 0 aliphatic carbocycles. The summed E-state index contributed by atoms with van der Waals surface area (Å²) in [5.74, 6) is -0.242. The molecule has 0 spiro atoms. The molecule has 0 fully saturated rings. The number of nitrogens with one attached hydrogen (secondary N) is 1. The lowest BCUT2D eigenvalue weighted by atomic mass is 10.1. The average molecular weight is 339 g/mol. The van der Waals surface area contributed by atoms with Crippen molar-refractivity contribution >= 4 is 33.2 Å². The summed E-state index contributed by atoms with van der Waals surface area (Å²) >= 11 is 12.0. The van der Waals surface area contributed by atoms with Crippen LogP contribution in [0.3, 0.4) is 0 Å². The Morgan fingerprint density at radius 2 is 1.90 bits per heavy atom. The van der Waals surface area contributed by atoms with Gasteiger partial charge in [0.25, 0.3) is 0 Å². The summed E-state index contributed by atoms with van der Waals surface area (Å²) in [5, 5.41) is 0.696. The zero-order valence-electron chi connectivity index (χ0n) is 11.4. The molecule has 1 aromatic rings. The SMILES string of the molecule is CCCCC(CN)NS(=O)(=O)Cc1c(Cl)cccc1Cl. The fourth-order valence-corrected chi connectivity index (χ4v) is 4.02. The molecule has 3 N–H and O–H groups in total. The van der Waals surface area contributed by atoms with Crippen molar-refractivity contribution in [1.82, 2.24) is 4.72 Å². The molecule has 0 aliphatic heterocycles. The second-order valence-corrected chi connectivity index (χ2v) is 7.22. The summed E-state index contributed by atoms with van der Waals surface area (Å²) in [6.45, 7) is 2.32. The van der Waals surface area contributed by atoms with Crippen molar-refractivity contribution in [1.29, 1.82) is 0 Å². The highest BCUT2D eigenvalue weighted by Crippen LogP contribution is 2.26. The van der Waals surface area contributed by atoms with Crippen LogP contribution in [-0.2, 0) is 15.8 Å². The molecule has 4 nitrogen and oxygen atoms in total. The Bertz CT molecular complexity index is 515. The summed E-state index contributed by atoms with van der Waals surface area (Å²) in [6.07, 6.45) is 2.65. The van der Waals surface area contributed by atoms with Gasteiger partial charge in [0.1, 0.15) is 0 Å². The molecule has 0 amide bonds. The van der Waals surface area contributed by atoms with Crippen molar-refractivity contribution in [2.75, 3.05) is 6.54 Å². The Labute approximate surface area is 130 Å². The molecule has 114 valence electrons. The van der Waals surface area contributed by atoms with E-state index in [4.69, 9.17) is 28.9 Å². The molecular formula is C13H20Cl2N2O2S. The second kappa shape index (κ2) is 8.20. The van der Waals surface area contributed by atoms with E-state index in [-0.39, 0.29) is 18.3 Å². The maximum absolute atomic E-state index is 12.2. The molecule has 1 aromatic carbocycles. The van der Waals surface area contributed by atoms with E-state index in [0.717, 1.165) is 19.3 Å². The molecule has 1 atom stereocenters. The van der Waals surface area contributed by atoms with E-state index in [1.165, 1.54) is 0 Å². The van der Waals surface area contributed by atoms with E-state index in [1.54, 1.807) is 18.2 Å². The number of hydrogen-bond donors (Lipinski definition) is 2. The molecule has 20 heavy (non-hydrogen) atoms. The van der Waals surface area contributed by atoms with E-state index in [9.17, 15) is 8.42 Å². The van der Waals surface area contributed by atoms with Gasteiger partial charge < -0.3 is 5.73 Å². The van der Waals surface area contributed by atoms with Crippen LogP contribution in [0.15, 0.2) is 18.2 Å². The minimum absolute atomic E-state index is 0.242. The minimum Gasteiger partial charge on any atom is -0.329 e. The molecule has 0 bridgehead atoms. The lowest BCUT2D eigenvalue weighted by Crippen LogP contribution is -2.40. The highest BCUT2D eigenvalue weighted by atomic mass is 35.5. The maximum Gasteiger partial charge on any atom is 0.216 e. The fourth-order valence-electron chi connectivity index (χ4n) is 1.83. The van der Waals surface area contributed by atoms with Crippen molar-refractivity contribution in [2.24, 2.45) is 5.73 Å². The Morgan fingerprint density at radius 3 is 2.40 bits per heavy atom. The Balaban J connectivity index is 2.79. The number of rotatable bonds is 8. The Morgan fingerprint density at radius 1 is 1.30 bits per heavy atom. The molecule has 0 radical (unpaired) electrons. The summed E-state index contributed by atoms with van der Waals surface area (Å²) in [6, 6.07) is 4.67. The van der Waals surface area contributed by atoms with Crippen LogP contribution in [0.4, 0.5) is 0 Å². The highest BCUT2D eigenvalue weighted by Gasteiger charge is 2.20. The predicted octanol–water partition coefficient (Wildman–Crippen LogP) is 2.93. The zero-order valence-corrected chi connectivity index (χ0v) is 13.7. The van der Waals surface area contributed by atoms with E-state index in [2.05, 4.69) is 4.72 Å². The third-order valence-corrected chi connectivity index (χ3v) is 5.00. The van der Waals surface area contributed by atoms with Crippen LogP contribution in [0.5, 0.6) is 0 Å². The molecule has 0 heterocycles. The highest BCUT2D eigenvalue weighted by molar-refractivity contribution is 7.88. The molecule has 0 saturated heterocycles. The maximum atomic E-state index is 12.2. The van der Waals surface area contributed by atoms with Gasteiger partial charge in [-0.25, -0.2) is 13.1 Å². The van der Waals surface area contributed by atoms with Crippen LogP contribution >= 0.6 is 23.2 Å². The van der Waals surface area contributed by atoms with E-state index < -0.39 is 10.0 Å². The van der Waals surface area contributed by atoms with Crippen LogP contribution in [0.1, 0.15) is 31.7 Å². The van der Waals surface area contributed by atoms with Crippen LogP contribution in [0.25, 0.3) is 0 Å². The quantitative estimate of drug-likeness (QED) is 0.765. The first-order valence-corrected chi connectivity index (χ1v) is 8.93. The molecule has 1 unspecified atom stereocenters.